The summed E-state index contributed by atoms with van der Waals surface area (Å²) in [6.45, 7) is 2.08. The summed E-state index contributed by atoms with van der Waals surface area (Å²) in [5.74, 6) is 2.32. The van der Waals surface area contributed by atoms with Gasteiger partial charge in [0.15, 0.2) is 0 Å². The van der Waals surface area contributed by atoms with E-state index in [9.17, 15) is 0 Å². The molecule has 4 rings (SSSR count). The fraction of sp³-hybridized carbons (Fsp3) is 0.158. The molecule has 0 spiro atoms. The largest absolute Gasteiger partial charge is 0.440 e. The summed E-state index contributed by atoms with van der Waals surface area (Å²) in [5.41, 5.74) is 4.32. The van der Waals surface area contributed by atoms with Crippen molar-refractivity contribution in [3.63, 3.8) is 0 Å². The molecular formula is C19H16N2OS2. The number of aromatic nitrogens is 2. The smallest absolute Gasteiger partial charge is 0.205 e. The summed E-state index contributed by atoms with van der Waals surface area (Å²) in [7, 11) is 0. The third-order valence-corrected chi connectivity index (χ3v) is 5.22. The zero-order chi connectivity index (χ0) is 16.7. The Labute approximate surface area is 150 Å². The Kier molecular flexibility index (Phi) is 3.90. The second-order valence-electron chi connectivity index (χ2n) is 5.82. The molecule has 120 valence electrons. The van der Waals surface area contributed by atoms with Crippen LogP contribution in [0.5, 0.6) is 11.6 Å². The number of benzene rings is 2. The summed E-state index contributed by atoms with van der Waals surface area (Å²) in [6, 6.07) is 14.5. The minimum absolute atomic E-state index is 0.597. The van der Waals surface area contributed by atoms with E-state index in [-0.39, 0.29) is 0 Å². The van der Waals surface area contributed by atoms with Gasteiger partial charge >= 0.3 is 0 Å². The Morgan fingerprint density at radius 1 is 1.17 bits per heavy atom. The van der Waals surface area contributed by atoms with Gasteiger partial charge in [-0.05, 0) is 36.9 Å². The first-order valence-corrected chi connectivity index (χ1v) is 9.32. The molecule has 0 unspecified atom stereocenters. The molecule has 0 fully saturated rings. The maximum Gasteiger partial charge on any atom is 0.205 e. The van der Waals surface area contributed by atoms with Gasteiger partial charge in [0.05, 0.1) is 5.56 Å². The topological polar surface area (TPSA) is 37.9 Å². The monoisotopic (exact) mass is 352 g/mol. The first-order valence-electron chi connectivity index (χ1n) is 7.69. The molecule has 5 heteroatoms. The fourth-order valence-electron chi connectivity index (χ4n) is 2.85. The van der Waals surface area contributed by atoms with E-state index in [1.807, 2.05) is 18.2 Å². The molecule has 1 aromatic heterocycles. The van der Waals surface area contributed by atoms with Crippen molar-refractivity contribution in [2.24, 2.45) is 0 Å². The highest BCUT2D eigenvalue weighted by atomic mass is 32.2. The van der Waals surface area contributed by atoms with Gasteiger partial charge in [0, 0.05) is 16.9 Å². The van der Waals surface area contributed by atoms with Crippen LogP contribution < -0.4 is 4.74 Å². The number of fused-ring (bicyclic) bond motifs is 2. The number of nitrogens with one attached hydrogen (secondary N) is 1. The van der Waals surface area contributed by atoms with Crippen molar-refractivity contribution in [1.82, 2.24) is 9.97 Å². The molecule has 0 saturated heterocycles. The van der Waals surface area contributed by atoms with Crippen molar-refractivity contribution in [3.8, 4) is 23.0 Å². The van der Waals surface area contributed by atoms with Gasteiger partial charge in [-0.3, -0.25) is 0 Å². The Morgan fingerprint density at radius 2 is 1.96 bits per heavy atom. The van der Waals surface area contributed by atoms with E-state index in [1.54, 1.807) is 11.8 Å². The summed E-state index contributed by atoms with van der Waals surface area (Å²) < 4.78 is 6.65. The van der Waals surface area contributed by atoms with Gasteiger partial charge in [-0.25, -0.2) is 4.98 Å². The molecule has 0 bridgehead atoms. The Hall–Kier alpha value is -2.11. The van der Waals surface area contributed by atoms with E-state index < -0.39 is 0 Å². The van der Waals surface area contributed by atoms with Crippen LogP contribution in [-0.2, 0) is 6.42 Å². The van der Waals surface area contributed by atoms with Gasteiger partial charge in [0.2, 0.25) is 5.88 Å². The number of H-pyrrole nitrogens is 1. The van der Waals surface area contributed by atoms with Crippen molar-refractivity contribution >= 4 is 24.0 Å². The minimum atomic E-state index is 0.597. The zero-order valence-corrected chi connectivity index (χ0v) is 15.1. The molecule has 1 aliphatic heterocycles. The van der Waals surface area contributed by atoms with E-state index in [0.29, 0.717) is 10.5 Å². The molecule has 1 aliphatic rings. The van der Waals surface area contributed by atoms with Crippen LogP contribution in [0, 0.1) is 11.6 Å². The third kappa shape index (κ3) is 2.74. The second kappa shape index (κ2) is 6.07. The van der Waals surface area contributed by atoms with Gasteiger partial charge in [0.1, 0.15) is 16.2 Å². The lowest BCUT2D eigenvalue weighted by molar-refractivity contribution is 0.439. The molecule has 0 saturated carbocycles. The zero-order valence-electron chi connectivity index (χ0n) is 13.4. The number of aryl methyl sites for hydroxylation is 1. The Morgan fingerprint density at radius 3 is 2.71 bits per heavy atom. The first kappa shape index (κ1) is 15.4. The van der Waals surface area contributed by atoms with Crippen molar-refractivity contribution in [2.75, 3.05) is 6.26 Å². The van der Waals surface area contributed by atoms with Crippen molar-refractivity contribution in [2.45, 2.75) is 18.2 Å². The predicted molar refractivity (Wildman–Crippen MR) is 101 cm³/mol. The second-order valence-corrected chi connectivity index (χ2v) is 7.08. The highest BCUT2D eigenvalue weighted by Gasteiger charge is 2.20. The lowest BCUT2D eigenvalue weighted by Crippen LogP contribution is -2.08. The number of hydrogen-bond acceptors (Lipinski definition) is 4. The molecule has 1 N–H and O–H groups in total. The molecule has 0 amide bonds. The number of nitrogens with zero attached hydrogens (tertiary/aromatic N) is 1. The van der Waals surface area contributed by atoms with E-state index in [2.05, 4.69) is 47.4 Å². The van der Waals surface area contributed by atoms with Crippen LogP contribution in [0.25, 0.3) is 11.4 Å². The molecule has 0 atom stereocenters. The van der Waals surface area contributed by atoms with Crippen molar-refractivity contribution < 1.29 is 4.74 Å². The van der Waals surface area contributed by atoms with Gasteiger partial charge < -0.3 is 9.72 Å². The number of rotatable bonds is 2. The normalized spacial score (nSPS) is 12.2. The quantitative estimate of drug-likeness (QED) is 0.380. The molecule has 0 radical (unpaired) electrons. The minimum Gasteiger partial charge on any atom is -0.440 e. The number of hydrogen-bond donors (Lipinski definition) is 1. The molecule has 24 heavy (non-hydrogen) atoms. The summed E-state index contributed by atoms with van der Waals surface area (Å²) >= 11 is 7.24. The Balaban J connectivity index is 1.77. The summed E-state index contributed by atoms with van der Waals surface area (Å²) in [4.78, 5) is 9.11. The number of ether oxygens (including phenoxy) is 1. The van der Waals surface area contributed by atoms with Crippen molar-refractivity contribution in [1.29, 1.82) is 0 Å². The van der Waals surface area contributed by atoms with Crippen LogP contribution in [0.3, 0.4) is 0 Å². The first-order chi connectivity index (χ1) is 11.6. The molecule has 0 aliphatic carbocycles. The highest BCUT2D eigenvalue weighted by Crippen LogP contribution is 2.37. The SMILES string of the molecule is CSc1ccc(-c2nc(=S)c3c([nH]2)Oc2ccc(C)cc2C3)cc1. The van der Waals surface area contributed by atoms with Crippen LogP contribution >= 0.6 is 24.0 Å². The third-order valence-electron chi connectivity index (χ3n) is 4.14. The van der Waals surface area contributed by atoms with E-state index in [0.717, 1.165) is 34.7 Å². The van der Waals surface area contributed by atoms with Gasteiger partial charge in [-0.2, -0.15) is 0 Å². The van der Waals surface area contributed by atoms with E-state index in [1.165, 1.54) is 10.5 Å². The maximum absolute atomic E-state index is 6.05. The van der Waals surface area contributed by atoms with Gasteiger partial charge in [-0.1, -0.05) is 42.0 Å². The van der Waals surface area contributed by atoms with Crippen LogP contribution in [0.2, 0.25) is 0 Å². The van der Waals surface area contributed by atoms with Crippen molar-refractivity contribution in [3.05, 3.63) is 63.8 Å². The molecule has 2 heterocycles. The van der Waals surface area contributed by atoms with Crippen LogP contribution in [0.1, 0.15) is 16.7 Å². The lowest BCUT2D eigenvalue weighted by Gasteiger charge is -2.20. The average Bonchev–Trinajstić information content (AvgIpc) is 2.60. The summed E-state index contributed by atoms with van der Waals surface area (Å²) in [6.07, 6.45) is 2.81. The van der Waals surface area contributed by atoms with E-state index in [4.69, 9.17) is 17.0 Å². The highest BCUT2D eigenvalue weighted by molar-refractivity contribution is 7.98. The average molecular weight is 352 g/mol. The maximum atomic E-state index is 6.05. The van der Waals surface area contributed by atoms with Crippen LogP contribution in [-0.4, -0.2) is 16.2 Å². The van der Waals surface area contributed by atoms with Gasteiger partial charge in [0.25, 0.3) is 0 Å². The number of aromatic amines is 1. The standard InChI is InChI=1S/C19H16N2OS2/c1-11-3-8-16-13(9-11)10-15-18(22-16)20-17(21-19(15)23)12-4-6-14(24-2)7-5-12/h3-9H,10H2,1-2H3,(H,20,21,23). The summed E-state index contributed by atoms with van der Waals surface area (Å²) in [5, 5.41) is 0. The molecule has 2 aromatic carbocycles. The molecular weight excluding hydrogens is 336 g/mol. The fourth-order valence-corrected chi connectivity index (χ4v) is 3.52. The molecule has 3 nitrogen and oxygen atoms in total. The molecule has 3 aromatic rings. The van der Waals surface area contributed by atoms with Gasteiger partial charge in [-0.15, -0.1) is 11.8 Å². The lowest BCUT2D eigenvalue weighted by atomic mass is 10.0. The van der Waals surface area contributed by atoms with E-state index >= 15 is 0 Å². The van der Waals surface area contributed by atoms with Crippen LogP contribution in [0.4, 0.5) is 0 Å². The Bertz CT molecular complexity index is 978. The predicted octanol–water partition coefficient (Wildman–Crippen LogP) is 5.53. The number of thioether (sulfide) groups is 1. The van der Waals surface area contributed by atoms with Crippen LogP contribution in [0.15, 0.2) is 47.4 Å².